The van der Waals surface area contributed by atoms with Crippen LogP contribution in [0.25, 0.3) is 0 Å². The minimum atomic E-state index is 0. The van der Waals surface area contributed by atoms with Gasteiger partial charge in [0.1, 0.15) is 6.29 Å². The summed E-state index contributed by atoms with van der Waals surface area (Å²) in [4.78, 5) is 9.40. The Morgan fingerprint density at radius 3 is 2.00 bits per heavy atom. The third kappa shape index (κ3) is 29.0. The van der Waals surface area contributed by atoms with Gasteiger partial charge in [0.25, 0.3) is 0 Å². The molecule has 0 fully saturated rings. The molecule has 7 heavy (non-hydrogen) atoms. The van der Waals surface area contributed by atoms with Crippen LogP contribution in [0.15, 0.2) is 0 Å². The molecule has 0 aliphatic rings. The largest absolute Gasteiger partial charge is 0.412 e. The zero-order valence-electron chi connectivity index (χ0n) is 4.31. The second-order valence-electron chi connectivity index (χ2n) is 0.955. The van der Waals surface area contributed by atoms with Gasteiger partial charge in [0.05, 0.1) is 0 Å². The van der Waals surface area contributed by atoms with E-state index >= 15 is 0 Å². The Balaban J connectivity index is -0.0000000800. The topological polar surface area (TPSA) is 48.6 Å². The van der Waals surface area contributed by atoms with E-state index in [1.165, 1.54) is 0 Å². The molecular formula is C4H11FO2. The van der Waals surface area contributed by atoms with E-state index in [0.717, 1.165) is 12.7 Å². The first-order valence-corrected chi connectivity index (χ1v) is 1.85. The van der Waals surface area contributed by atoms with Crippen molar-refractivity contribution in [3.8, 4) is 0 Å². The fraction of sp³-hybridized carbons (Fsp3) is 0.750. The highest BCUT2D eigenvalue weighted by atomic mass is 19.0. The van der Waals surface area contributed by atoms with Crippen molar-refractivity contribution in [3.63, 3.8) is 0 Å². The lowest BCUT2D eigenvalue weighted by atomic mass is 10.4. The van der Waals surface area contributed by atoms with E-state index in [1.807, 2.05) is 6.92 Å². The zero-order valence-corrected chi connectivity index (χ0v) is 4.31. The number of halogens is 1. The van der Waals surface area contributed by atoms with E-state index in [9.17, 15) is 4.79 Å². The molecule has 46 valence electrons. The predicted molar refractivity (Wildman–Crippen MR) is 27.1 cm³/mol. The maximum atomic E-state index is 9.40. The summed E-state index contributed by atoms with van der Waals surface area (Å²) in [6.45, 7) is 1.98. The molecule has 0 aromatic rings. The Labute approximate surface area is 42.2 Å². The minimum absolute atomic E-state index is 0. The highest BCUT2D eigenvalue weighted by Gasteiger charge is 1.66. The standard InChI is InChI=1S/C4H8O.FH.H2O/c1-2-3-4-5;;/h4H,2-3H2,1H3;1H;1H2. The van der Waals surface area contributed by atoms with Crippen molar-refractivity contribution < 1.29 is 15.0 Å². The minimum Gasteiger partial charge on any atom is -0.412 e. The van der Waals surface area contributed by atoms with Crippen LogP contribution >= 0.6 is 0 Å². The molecule has 0 bridgehead atoms. The SMILES string of the molecule is CCCC=O.F.O. The van der Waals surface area contributed by atoms with Gasteiger partial charge in [-0.25, -0.2) is 0 Å². The molecule has 0 saturated carbocycles. The molecule has 0 spiro atoms. The van der Waals surface area contributed by atoms with Crippen LogP contribution in [-0.2, 0) is 4.79 Å². The average molecular weight is 110 g/mol. The lowest BCUT2D eigenvalue weighted by Gasteiger charge is -1.68. The lowest BCUT2D eigenvalue weighted by molar-refractivity contribution is -0.107. The smallest absolute Gasteiger partial charge is 0.119 e. The molecule has 0 saturated heterocycles. The van der Waals surface area contributed by atoms with Crippen molar-refractivity contribution in [3.05, 3.63) is 0 Å². The maximum absolute atomic E-state index is 9.40. The summed E-state index contributed by atoms with van der Waals surface area (Å²) in [5, 5.41) is 0. The second kappa shape index (κ2) is 17.6. The number of aldehydes is 1. The summed E-state index contributed by atoms with van der Waals surface area (Å²) in [7, 11) is 0. The van der Waals surface area contributed by atoms with Gasteiger partial charge < -0.3 is 10.3 Å². The zero-order chi connectivity index (χ0) is 4.12. The highest BCUT2D eigenvalue weighted by molar-refractivity contribution is 5.48. The van der Waals surface area contributed by atoms with Crippen molar-refractivity contribution in [1.29, 1.82) is 0 Å². The monoisotopic (exact) mass is 110 g/mol. The molecule has 0 heterocycles. The third-order valence-corrected chi connectivity index (χ3v) is 0.407. The van der Waals surface area contributed by atoms with Crippen molar-refractivity contribution >= 4 is 6.29 Å². The van der Waals surface area contributed by atoms with E-state index in [2.05, 4.69) is 0 Å². The van der Waals surface area contributed by atoms with Crippen molar-refractivity contribution in [2.24, 2.45) is 0 Å². The van der Waals surface area contributed by atoms with Crippen LogP contribution in [0.2, 0.25) is 0 Å². The Hall–Kier alpha value is -0.440. The molecule has 0 amide bonds. The summed E-state index contributed by atoms with van der Waals surface area (Å²) in [6, 6.07) is 0. The quantitative estimate of drug-likeness (QED) is 0.472. The van der Waals surface area contributed by atoms with E-state index in [0.29, 0.717) is 6.42 Å². The molecule has 0 aromatic carbocycles. The van der Waals surface area contributed by atoms with E-state index in [-0.39, 0.29) is 10.2 Å². The van der Waals surface area contributed by atoms with Crippen molar-refractivity contribution in [1.82, 2.24) is 0 Å². The van der Waals surface area contributed by atoms with Crippen LogP contribution in [-0.4, -0.2) is 11.8 Å². The van der Waals surface area contributed by atoms with E-state index < -0.39 is 0 Å². The van der Waals surface area contributed by atoms with Crippen LogP contribution in [0.4, 0.5) is 4.70 Å². The third-order valence-electron chi connectivity index (χ3n) is 0.407. The molecule has 3 heteroatoms. The van der Waals surface area contributed by atoms with Gasteiger partial charge in [-0.15, -0.1) is 0 Å². The van der Waals surface area contributed by atoms with E-state index in [4.69, 9.17) is 0 Å². The Morgan fingerprint density at radius 1 is 1.57 bits per heavy atom. The number of carbonyl (C=O) groups is 1. The lowest BCUT2D eigenvalue weighted by Crippen LogP contribution is -1.64. The van der Waals surface area contributed by atoms with Gasteiger partial charge in [-0.3, -0.25) is 4.70 Å². The maximum Gasteiger partial charge on any atom is 0.119 e. The Morgan fingerprint density at radius 2 is 2.00 bits per heavy atom. The van der Waals surface area contributed by atoms with Gasteiger partial charge >= 0.3 is 0 Å². The van der Waals surface area contributed by atoms with Crippen molar-refractivity contribution in [2.75, 3.05) is 0 Å². The predicted octanol–water partition coefficient (Wildman–Crippen LogP) is 0.313. The summed E-state index contributed by atoms with van der Waals surface area (Å²) in [5.41, 5.74) is 0. The first-order chi connectivity index (χ1) is 2.41. The number of carbonyl (C=O) groups excluding carboxylic acids is 1. The normalized spacial score (nSPS) is 5.29. The van der Waals surface area contributed by atoms with Gasteiger partial charge in [-0.05, 0) is 6.42 Å². The molecule has 2 nitrogen and oxygen atoms in total. The number of hydrogen-bond acceptors (Lipinski definition) is 1. The highest BCUT2D eigenvalue weighted by Crippen LogP contribution is 1.74. The summed E-state index contributed by atoms with van der Waals surface area (Å²) in [5.74, 6) is 0. The first kappa shape index (κ1) is 16.0. The molecule has 0 aliphatic heterocycles. The summed E-state index contributed by atoms with van der Waals surface area (Å²) < 4.78 is 0. The van der Waals surface area contributed by atoms with Gasteiger partial charge in [0.15, 0.2) is 0 Å². The molecule has 0 aliphatic carbocycles. The molecule has 0 radical (unpaired) electrons. The second-order valence-corrected chi connectivity index (χ2v) is 0.955. The summed E-state index contributed by atoms with van der Waals surface area (Å²) in [6.07, 6.45) is 2.61. The van der Waals surface area contributed by atoms with Gasteiger partial charge in [0, 0.05) is 6.42 Å². The van der Waals surface area contributed by atoms with Crippen LogP contribution in [0, 0.1) is 0 Å². The molecule has 0 unspecified atom stereocenters. The van der Waals surface area contributed by atoms with Crippen molar-refractivity contribution in [2.45, 2.75) is 19.8 Å². The molecule has 0 atom stereocenters. The van der Waals surface area contributed by atoms with E-state index in [1.54, 1.807) is 0 Å². The fourth-order valence-corrected chi connectivity index (χ4v) is 0.118. The average Bonchev–Trinajstić information content (AvgIpc) is 1.41. The molecule has 0 rings (SSSR count). The van der Waals surface area contributed by atoms with Gasteiger partial charge in [0.2, 0.25) is 0 Å². The summed E-state index contributed by atoms with van der Waals surface area (Å²) >= 11 is 0. The molecular weight excluding hydrogens is 99.0 g/mol. The van der Waals surface area contributed by atoms with Gasteiger partial charge in [-0.2, -0.15) is 0 Å². The first-order valence-electron chi connectivity index (χ1n) is 1.85. The fourth-order valence-electron chi connectivity index (χ4n) is 0.118. The number of unbranched alkanes of at least 4 members (excludes halogenated alkanes) is 1. The van der Waals surface area contributed by atoms with Crippen LogP contribution in [0.1, 0.15) is 19.8 Å². The van der Waals surface area contributed by atoms with Gasteiger partial charge in [-0.1, -0.05) is 6.92 Å². The van der Waals surface area contributed by atoms with Crippen LogP contribution in [0.3, 0.4) is 0 Å². The molecule has 2 N–H and O–H groups in total. The number of rotatable bonds is 2. The Kier molecular flexibility index (Phi) is 40.3. The Bertz CT molecular complexity index is 30.9. The molecule has 0 aromatic heterocycles. The van der Waals surface area contributed by atoms with Crippen LogP contribution in [0.5, 0.6) is 0 Å². The van der Waals surface area contributed by atoms with Crippen LogP contribution < -0.4 is 0 Å². The number of hydrogen-bond donors (Lipinski definition) is 0.